The van der Waals surface area contributed by atoms with Gasteiger partial charge in [0.25, 0.3) is 0 Å². The van der Waals surface area contributed by atoms with Crippen molar-refractivity contribution in [3.63, 3.8) is 0 Å². The molecule has 0 aliphatic heterocycles. The van der Waals surface area contributed by atoms with Crippen molar-refractivity contribution in [1.82, 2.24) is 24.7 Å². The number of hydrogen-bond donors (Lipinski definition) is 1. The van der Waals surface area contributed by atoms with Crippen molar-refractivity contribution in [3.8, 4) is 17.3 Å². The summed E-state index contributed by atoms with van der Waals surface area (Å²) in [6.45, 7) is 0. The molecule has 0 spiro atoms. The van der Waals surface area contributed by atoms with E-state index in [1.165, 1.54) is 6.33 Å². The van der Waals surface area contributed by atoms with E-state index < -0.39 is 11.1 Å². The number of nitrogens with one attached hydrogen (secondary N) is 1. The van der Waals surface area contributed by atoms with Crippen molar-refractivity contribution in [2.75, 3.05) is 0 Å². The molecule has 3 heterocycles. The molecule has 0 saturated heterocycles. The number of nitriles is 1. The summed E-state index contributed by atoms with van der Waals surface area (Å²) < 4.78 is 23.7. The third-order valence-corrected chi connectivity index (χ3v) is 5.02. The molecule has 140 valence electrons. The summed E-state index contributed by atoms with van der Waals surface area (Å²) in [7, 11) is 0. The quantitative estimate of drug-likeness (QED) is 0.504. The van der Waals surface area contributed by atoms with Crippen LogP contribution in [-0.2, 0) is 16.8 Å². The Morgan fingerprint density at radius 1 is 1.32 bits per heavy atom. The largest absolute Gasteiger partial charge is 0.772 e. The van der Waals surface area contributed by atoms with Gasteiger partial charge < -0.3 is 9.54 Å². The molecule has 1 N–H and O–H groups in total. The van der Waals surface area contributed by atoms with E-state index in [4.69, 9.17) is 0 Å². The minimum absolute atomic E-state index is 0.0656. The normalized spacial score (nSPS) is 13.3. The molecule has 0 aliphatic rings. The van der Waals surface area contributed by atoms with Crippen molar-refractivity contribution >= 4 is 22.1 Å². The molecular weight excluding hydrogens is 376 g/mol. The summed E-state index contributed by atoms with van der Waals surface area (Å²) in [5.74, 6) is -0.0656. The molecule has 1 aromatic carbocycles. The Morgan fingerprint density at radius 2 is 2.21 bits per heavy atom. The average molecular weight is 391 g/mol. The predicted octanol–water partition coefficient (Wildman–Crippen LogP) is 2.70. The summed E-state index contributed by atoms with van der Waals surface area (Å²) in [6.07, 6.45) is 7.04. The number of hydrogen-bond acceptors (Lipinski definition) is 6. The van der Waals surface area contributed by atoms with E-state index in [-0.39, 0.29) is 18.2 Å². The lowest BCUT2D eigenvalue weighted by Crippen LogP contribution is -2.11. The highest BCUT2D eigenvalue weighted by Gasteiger charge is 2.17. The van der Waals surface area contributed by atoms with E-state index in [1.54, 1.807) is 35.3 Å². The first-order valence-corrected chi connectivity index (χ1v) is 9.74. The zero-order valence-corrected chi connectivity index (χ0v) is 15.5. The van der Waals surface area contributed by atoms with Gasteiger partial charge in [0, 0.05) is 29.1 Å². The third-order valence-electron chi connectivity index (χ3n) is 4.45. The lowest BCUT2D eigenvalue weighted by atomic mass is 10.0. The highest BCUT2D eigenvalue weighted by atomic mass is 32.2. The van der Waals surface area contributed by atoms with Crippen LogP contribution in [0.5, 0.6) is 0 Å². The van der Waals surface area contributed by atoms with Crippen molar-refractivity contribution < 1.29 is 8.76 Å². The first kappa shape index (κ1) is 18.0. The van der Waals surface area contributed by atoms with Crippen LogP contribution in [0.2, 0.25) is 0 Å². The monoisotopic (exact) mass is 391 g/mol. The van der Waals surface area contributed by atoms with Gasteiger partial charge in [0.2, 0.25) is 0 Å². The Bertz CT molecular complexity index is 1190. The van der Waals surface area contributed by atoms with E-state index in [9.17, 15) is 14.0 Å². The molecule has 28 heavy (non-hydrogen) atoms. The zero-order valence-electron chi connectivity index (χ0n) is 14.6. The van der Waals surface area contributed by atoms with Crippen LogP contribution >= 0.6 is 0 Å². The number of nitrogens with zero attached hydrogens (tertiary/aromatic N) is 5. The van der Waals surface area contributed by atoms with Gasteiger partial charge in [-0.25, -0.2) is 9.97 Å². The highest BCUT2D eigenvalue weighted by molar-refractivity contribution is 7.78. The van der Waals surface area contributed by atoms with E-state index >= 15 is 0 Å². The average Bonchev–Trinajstić information content (AvgIpc) is 3.35. The second kappa shape index (κ2) is 7.72. The van der Waals surface area contributed by atoms with Crippen LogP contribution in [0, 0.1) is 11.3 Å². The number of benzene rings is 1. The van der Waals surface area contributed by atoms with Gasteiger partial charge in [-0.05, 0) is 17.2 Å². The van der Waals surface area contributed by atoms with Gasteiger partial charge in [0.1, 0.15) is 12.0 Å². The maximum absolute atomic E-state index is 11.0. The molecular formula is C19H15N6O2S-. The van der Waals surface area contributed by atoms with Crippen LogP contribution in [-0.4, -0.2) is 33.5 Å². The topological polar surface area (TPSA) is 123 Å². The molecule has 2 atom stereocenters. The Morgan fingerprint density at radius 3 is 3.04 bits per heavy atom. The maximum Gasteiger partial charge on any atom is 0.141 e. The summed E-state index contributed by atoms with van der Waals surface area (Å²) in [4.78, 5) is 11.6. The molecule has 0 amide bonds. The Balaban J connectivity index is 1.71. The first-order chi connectivity index (χ1) is 13.7. The molecule has 4 aromatic rings. The fourth-order valence-corrected chi connectivity index (χ4v) is 3.66. The molecule has 4 rings (SSSR count). The first-order valence-electron chi connectivity index (χ1n) is 8.50. The highest BCUT2D eigenvalue weighted by Crippen LogP contribution is 2.28. The van der Waals surface area contributed by atoms with Crippen LogP contribution in [0.3, 0.4) is 0 Å². The van der Waals surface area contributed by atoms with Crippen LogP contribution < -0.4 is 0 Å². The standard InChI is InChI=1S/C19H16N6O2S/c20-6-4-17(14-3-1-2-13(8-14)11-28(26)27)25-10-15(9-24-25)18-16-5-7-21-19(16)23-12-22-18/h1-3,5,7-10,12,17H,4,11H2,(H,26,27)(H,21,22,23)/p-1. The molecule has 0 bridgehead atoms. The smallest absolute Gasteiger partial charge is 0.141 e. The van der Waals surface area contributed by atoms with Crippen LogP contribution in [0.25, 0.3) is 22.3 Å². The minimum atomic E-state index is -2.17. The molecule has 0 radical (unpaired) electrons. The summed E-state index contributed by atoms with van der Waals surface area (Å²) in [5.41, 5.74) is 3.81. The number of aromatic nitrogens is 5. The van der Waals surface area contributed by atoms with Crippen LogP contribution in [0.4, 0.5) is 0 Å². The molecule has 2 unspecified atom stereocenters. The summed E-state index contributed by atoms with van der Waals surface area (Å²) in [6, 6.07) is 11.0. The molecule has 0 fully saturated rings. The number of aromatic amines is 1. The van der Waals surface area contributed by atoms with Gasteiger partial charge in [-0.1, -0.05) is 35.3 Å². The number of fused-ring (bicyclic) bond motifs is 1. The van der Waals surface area contributed by atoms with Crippen molar-refractivity contribution in [1.29, 1.82) is 5.26 Å². The second-order valence-electron chi connectivity index (χ2n) is 6.24. The lowest BCUT2D eigenvalue weighted by molar-refractivity contribution is 0.530. The van der Waals surface area contributed by atoms with Gasteiger partial charge >= 0.3 is 0 Å². The molecule has 3 aromatic heterocycles. The SMILES string of the molecule is N#CCC(c1cccc(CS(=O)[O-])c1)n1cc(-c2ncnc3[nH]ccc23)cn1. The van der Waals surface area contributed by atoms with Gasteiger partial charge in [-0.3, -0.25) is 8.89 Å². The van der Waals surface area contributed by atoms with Crippen molar-refractivity contribution in [2.24, 2.45) is 0 Å². The Kier molecular flexibility index (Phi) is 4.97. The summed E-state index contributed by atoms with van der Waals surface area (Å²) in [5, 5.41) is 14.6. The fourth-order valence-electron chi connectivity index (χ4n) is 3.21. The van der Waals surface area contributed by atoms with Gasteiger partial charge in [0.15, 0.2) is 0 Å². The minimum Gasteiger partial charge on any atom is -0.772 e. The second-order valence-corrected chi connectivity index (χ2v) is 7.14. The Labute approximate surface area is 163 Å². The van der Waals surface area contributed by atoms with E-state index in [2.05, 4.69) is 26.1 Å². The van der Waals surface area contributed by atoms with Gasteiger partial charge in [-0.15, -0.1) is 0 Å². The zero-order chi connectivity index (χ0) is 19.5. The predicted molar refractivity (Wildman–Crippen MR) is 103 cm³/mol. The summed E-state index contributed by atoms with van der Waals surface area (Å²) >= 11 is -2.17. The van der Waals surface area contributed by atoms with Crippen molar-refractivity contribution in [3.05, 3.63) is 66.4 Å². The van der Waals surface area contributed by atoms with Crippen LogP contribution in [0.15, 0.2) is 55.2 Å². The van der Waals surface area contributed by atoms with Gasteiger partial charge in [-0.2, -0.15) is 10.4 Å². The molecule has 0 aliphatic carbocycles. The molecule has 0 saturated carbocycles. The number of rotatable bonds is 6. The van der Waals surface area contributed by atoms with Crippen molar-refractivity contribution in [2.45, 2.75) is 18.2 Å². The van der Waals surface area contributed by atoms with E-state index in [1.807, 2.05) is 18.3 Å². The Hall–Kier alpha value is -3.35. The lowest BCUT2D eigenvalue weighted by Gasteiger charge is -2.16. The van der Waals surface area contributed by atoms with E-state index in [0.29, 0.717) is 5.56 Å². The third kappa shape index (κ3) is 3.55. The number of H-pyrrole nitrogens is 1. The molecule has 8 nitrogen and oxygen atoms in total. The van der Waals surface area contributed by atoms with E-state index in [0.717, 1.165) is 27.9 Å². The fraction of sp³-hybridized carbons (Fsp3) is 0.158. The maximum atomic E-state index is 11.0. The van der Waals surface area contributed by atoms with Gasteiger partial charge in [0.05, 0.1) is 30.4 Å². The van der Waals surface area contributed by atoms with Crippen LogP contribution in [0.1, 0.15) is 23.6 Å². The molecule has 9 heteroatoms.